The Labute approximate surface area is 252 Å². The van der Waals surface area contributed by atoms with Gasteiger partial charge in [0.1, 0.15) is 11.4 Å². The maximum atomic E-state index is 13.6. The van der Waals surface area contributed by atoms with Crippen molar-refractivity contribution >= 4 is 33.2 Å². The summed E-state index contributed by atoms with van der Waals surface area (Å²) in [6.07, 6.45) is 9.40. The van der Waals surface area contributed by atoms with Crippen molar-refractivity contribution in [2.75, 3.05) is 31.2 Å². The number of fused-ring (bicyclic) bond motifs is 4. The fourth-order valence-electron chi connectivity index (χ4n) is 7.57. The molecule has 0 radical (unpaired) electrons. The monoisotopic (exact) mass is 612 g/mol. The third-order valence-corrected chi connectivity index (χ3v) is 11.8. The molecule has 0 aromatic heterocycles. The number of nitrogens with zero attached hydrogens (tertiary/aromatic N) is 1. The first-order valence-electron chi connectivity index (χ1n) is 15.0. The van der Waals surface area contributed by atoms with Crippen molar-refractivity contribution in [2.45, 2.75) is 73.4 Å². The lowest BCUT2D eigenvalue weighted by molar-refractivity contribution is -0.155. The molecule has 0 saturated heterocycles. The Hall–Kier alpha value is -2.59. The Morgan fingerprint density at radius 2 is 1.93 bits per heavy atom. The zero-order valence-corrected chi connectivity index (χ0v) is 25.1. The minimum atomic E-state index is -4.16. The number of carbonyl (C=O) groups excluding carboxylic acids is 1. The molecule has 2 fully saturated rings. The molecule has 2 aromatic carbocycles. The molecule has 3 aliphatic carbocycles. The fourth-order valence-corrected chi connectivity index (χ4v) is 8.83. The molecule has 42 heavy (non-hydrogen) atoms. The van der Waals surface area contributed by atoms with E-state index in [1.165, 1.54) is 17.2 Å². The second-order valence-corrected chi connectivity index (χ2v) is 14.9. The molecule has 8 nitrogen and oxygen atoms in total. The Morgan fingerprint density at radius 1 is 1.07 bits per heavy atom. The SMILES string of the molecule is O=C1NS(=O)(=O)c2ccc3c(c2)N(C[C@@H]2CC[C@H]2[C@H](O)/C=C/COC12CCC2)C[C@@]1(CCCc2cc(Cl)ccc21)CO3. The molecule has 2 N–H and O–H groups in total. The molecular weight excluding hydrogens is 576 g/mol. The van der Waals surface area contributed by atoms with E-state index in [1.54, 1.807) is 24.3 Å². The van der Waals surface area contributed by atoms with Crippen LogP contribution >= 0.6 is 11.6 Å². The summed E-state index contributed by atoms with van der Waals surface area (Å²) in [5.41, 5.74) is 1.69. The number of benzene rings is 2. The van der Waals surface area contributed by atoms with Crippen LogP contribution in [0.1, 0.15) is 56.1 Å². The minimum absolute atomic E-state index is 0.0154. The minimum Gasteiger partial charge on any atom is -0.490 e. The Kier molecular flexibility index (Phi) is 7.08. The molecule has 1 amide bonds. The van der Waals surface area contributed by atoms with Gasteiger partial charge in [-0.15, -0.1) is 0 Å². The standard InChI is InChI=1S/C32H37ClN2O6S/c33-23-7-10-26-21(16-23)4-1-12-31(26)19-35-18-22-6-9-25(22)28(36)5-2-15-41-32(13-3-14-32)30(37)34-42(38,39)24-8-11-29(40-20-31)27(35)17-24/h2,5,7-8,10-11,16-17,22,25,28,36H,1,3-4,6,9,12-15,18-20H2,(H,34,37)/b5-2+/t22-,25+,28+,31-/m0/s1. The molecule has 10 heteroatoms. The van der Waals surface area contributed by atoms with Gasteiger partial charge in [-0.05, 0) is 105 Å². The largest absolute Gasteiger partial charge is 0.490 e. The van der Waals surface area contributed by atoms with Crippen molar-refractivity contribution in [1.29, 1.82) is 0 Å². The summed E-state index contributed by atoms with van der Waals surface area (Å²) in [4.78, 5) is 15.5. The number of hydrogen-bond donors (Lipinski definition) is 2. The van der Waals surface area contributed by atoms with Gasteiger partial charge in [0.2, 0.25) is 0 Å². The lowest BCUT2D eigenvalue weighted by Crippen LogP contribution is -2.55. The van der Waals surface area contributed by atoms with Gasteiger partial charge in [0.05, 0.1) is 29.9 Å². The van der Waals surface area contributed by atoms with Gasteiger partial charge in [0.15, 0.2) is 0 Å². The zero-order chi connectivity index (χ0) is 29.1. The van der Waals surface area contributed by atoms with E-state index in [4.69, 9.17) is 21.1 Å². The number of anilines is 1. The summed E-state index contributed by atoms with van der Waals surface area (Å²) < 4.78 is 41.9. The molecule has 4 atom stereocenters. The van der Waals surface area contributed by atoms with E-state index >= 15 is 0 Å². The number of aliphatic hydroxyl groups is 1. The summed E-state index contributed by atoms with van der Waals surface area (Å²) in [6, 6.07) is 11.0. The first-order chi connectivity index (χ1) is 20.2. The third-order valence-electron chi connectivity index (χ3n) is 10.3. The number of hydrogen-bond acceptors (Lipinski definition) is 7. The van der Waals surface area contributed by atoms with E-state index in [0.717, 1.165) is 43.5 Å². The summed E-state index contributed by atoms with van der Waals surface area (Å²) in [6.45, 7) is 1.91. The molecule has 2 saturated carbocycles. The Balaban J connectivity index is 1.31. The van der Waals surface area contributed by atoms with Gasteiger partial charge in [-0.25, -0.2) is 13.1 Å². The summed E-state index contributed by atoms with van der Waals surface area (Å²) in [5, 5.41) is 11.8. The van der Waals surface area contributed by atoms with E-state index in [1.807, 2.05) is 6.07 Å². The maximum Gasteiger partial charge on any atom is 0.265 e. The molecule has 2 spiro atoms. The van der Waals surface area contributed by atoms with Crippen molar-refractivity contribution in [2.24, 2.45) is 11.8 Å². The molecule has 2 aliphatic heterocycles. The van der Waals surface area contributed by atoms with E-state index < -0.39 is 27.6 Å². The highest BCUT2D eigenvalue weighted by atomic mass is 35.5. The number of rotatable bonds is 0. The maximum absolute atomic E-state index is 13.6. The summed E-state index contributed by atoms with van der Waals surface area (Å²) in [5.74, 6) is 0.290. The van der Waals surface area contributed by atoms with Crippen molar-refractivity contribution in [1.82, 2.24) is 4.72 Å². The second kappa shape index (κ2) is 10.5. The van der Waals surface area contributed by atoms with Crippen LogP contribution in [0.25, 0.3) is 0 Å². The highest BCUT2D eigenvalue weighted by Crippen LogP contribution is 2.47. The first kappa shape index (κ1) is 28.2. The van der Waals surface area contributed by atoms with Gasteiger partial charge in [0.25, 0.3) is 15.9 Å². The number of sulfonamides is 1. The number of halogens is 1. The normalized spacial score (nSPS) is 32.3. The van der Waals surface area contributed by atoms with Crippen LogP contribution in [-0.2, 0) is 31.4 Å². The van der Waals surface area contributed by atoms with Crippen LogP contribution in [0.4, 0.5) is 5.69 Å². The molecule has 2 aromatic rings. The van der Waals surface area contributed by atoms with Gasteiger partial charge in [-0.1, -0.05) is 29.8 Å². The molecule has 0 unspecified atom stereocenters. The van der Waals surface area contributed by atoms with Crippen LogP contribution in [-0.4, -0.2) is 57.4 Å². The number of ether oxygens (including phenoxy) is 2. The topological polar surface area (TPSA) is 105 Å². The molecule has 5 aliphatic rings. The molecule has 224 valence electrons. The third kappa shape index (κ3) is 4.82. The number of amides is 1. The van der Waals surface area contributed by atoms with Crippen LogP contribution in [0, 0.1) is 11.8 Å². The first-order valence-corrected chi connectivity index (χ1v) is 16.9. The van der Waals surface area contributed by atoms with Gasteiger partial charge in [-0.2, -0.15) is 0 Å². The number of carbonyl (C=O) groups is 1. The van der Waals surface area contributed by atoms with Gasteiger partial charge >= 0.3 is 0 Å². The molecule has 2 heterocycles. The highest BCUT2D eigenvalue weighted by molar-refractivity contribution is 7.90. The fraction of sp³-hybridized carbons (Fsp3) is 0.531. The molecular formula is C32H37ClN2O6S. The van der Waals surface area contributed by atoms with Crippen LogP contribution in [0.2, 0.25) is 5.02 Å². The van der Waals surface area contributed by atoms with E-state index in [9.17, 15) is 18.3 Å². The van der Waals surface area contributed by atoms with Crippen LogP contribution in [0.3, 0.4) is 0 Å². The van der Waals surface area contributed by atoms with Crippen molar-refractivity contribution < 1.29 is 27.8 Å². The Morgan fingerprint density at radius 3 is 2.69 bits per heavy atom. The van der Waals surface area contributed by atoms with Crippen molar-refractivity contribution in [3.63, 3.8) is 0 Å². The van der Waals surface area contributed by atoms with Crippen LogP contribution < -0.4 is 14.4 Å². The second-order valence-electron chi connectivity index (χ2n) is 12.7. The predicted octanol–water partition coefficient (Wildman–Crippen LogP) is 4.51. The average Bonchev–Trinajstić information content (AvgIpc) is 3.06. The highest BCUT2D eigenvalue weighted by Gasteiger charge is 2.48. The van der Waals surface area contributed by atoms with Crippen LogP contribution in [0.15, 0.2) is 53.4 Å². The van der Waals surface area contributed by atoms with Crippen LogP contribution in [0.5, 0.6) is 5.75 Å². The quantitative estimate of drug-likeness (QED) is 0.422. The smallest absolute Gasteiger partial charge is 0.265 e. The molecule has 2 bridgehead atoms. The van der Waals surface area contributed by atoms with E-state index in [2.05, 4.69) is 21.8 Å². The lowest BCUT2D eigenvalue weighted by Gasteiger charge is -2.45. The summed E-state index contributed by atoms with van der Waals surface area (Å²) >= 11 is 6.38. The van der Waals surface area contributed by atoms with Crippen molar-refractivity contribution in [3.8, 4) is 5.75 Å². The average molecular weight is 613 g/mol. The van der Waals surface area contributed by atoms with Gasteiger partial charge < -0.3 is 19.5 Å². The predicted molar refractivity (Wildman–Crippen MR) is 159 cm³/mol. The number of aryl methyl sites for hydroxylation is 1. The number of nitrogens with one attached hydrogen (secondary N) is 1. The van der Waals surface area contributed by atoms with Gasteiger partial charge in [0, 0.05) is 23.5 Å². The lowest BCUT2D eigenvalue weighted by atomic mass is 9.68. The number of aliphatic hydroxyl groups excluding tert-OH is 1. The van der Waals surface area contributed by atoms with E-state index in [0.29, 0.717) is 44.0 Å². The van der Waals surface area contributed by atoms with Gasteiger partial charge in [-0.3, -0.25) is 4.79 Å². The van der Waals surface area contributed by atoms with Crippen molar-refractivity contribution in [3.05, 3.63) is 64.7 Å². The summed E-state index contributed by atoms with van der Waals surface area (Å²) in [7, 11) is -4.16. The Bertz CT molecular complexity index is 1540. The van der Waals surface area contributed by atoms with E-state index in [-0.39, 0.29) is 28.8 Å². The zero-order valence-electron chi connectivity index (χ0n) is 23.6. The molecule has 7 rings (SSSR count).